The van der Waals surface area contributed by atoms with E-state index in [0.717, 1.165) is 49.0 Å². The summed E-state index contributed by atoms with van der Waals surface area (Å²) in [5, 5.41) is 3.21. The molecule has 162 valence electrons. The zero-order chi connectivity index (χ0) is 21.6. The number of sulfonamides is 1. The Balaban J connectivity index is 1.59. The number of benzene rings is 2. The molecule has 2 aromatic carbocycles. The summed E-state index contributed by atoms with van der Waals surface area (Å²) in [6, 6.07) is 14.4. The third kappa shape index (κ3) is 6.70. The molecule has 1 aliphatic heterocycles. The van der Waals surface area contributed by atoms with Crippen molar-refractivity contribution in [3.8, 4) is 0 Å². The van der Waals surface area contributed by atoms with E-state index in [9.17, 15) is 13.2 Å². The third-order valence-corrected chi connectivity index (χ3v) is 6.15. The van der Waals surface area contributed by atoms with Crippen molar-refractivity contribution >= 4 is 33.2 Å². The summed E-state index contributed by atoms with van der Waals surface area (Å²) in [5.41, 5.74) is 2.48. The Labute approximate surface area is 182 Å². The topological polar surface area (TPSA) is 79.0 Å². The normalized spacial score (nSPS) is 15.0. The van der Waals surface area contributed by atoms with E-state index in [1.165, 1.54) is 11.6 Å². The Morgan fingerprint density at radius 3 is 2.53 bits per heavy atom. The molecular weight excluding hydrogens is 426 g/mol. The number of hydrogen-bond acceptors (Lipinski definition) is 5. The quantitative estimate of drug-likeness (QED) is 0.666. The van der Waals surface area contributed by atoms with Gasteiger partial charge in [-0.2, -0.15) is 0 Å². The first-order valence-electron chi connectivity index (χ1n) is 9.69. The van der Waals surface area contributed by atoms with Crippen LogP contribution in [0, 0.1) is 0 Å². The van der Waals surface area contributed by atoms with Gasteiger partial charge in [0.25, 0.3) is 0 Å². The molecule has 0 unspecified atom stereocenters. The molecule has 0 aliphatic carbocycles. The highest BCUT2D eigenvalue weighted by Crippen LogP contribution is 2.21. The van der Waals surface area contributed by atoms with Crippen LogP contribution in [0.15, 0.2) is 48.5 Å². The number of nitrogens with zero attached hydrogens (tertiary/aromatic N) is 2. The molecule has 1 fully saturated rings. The molecular formula is C21H26ClN3O4S. The zero-order valence-electron chi connectivity index (χ0n) is 16.9. The molecule has 0 bridgehead atoms. The number of ether oxygens (including phenoxy) is 1. The fourth-order valence-electron chi connectivity index (χ4n) is 3.27. The SMILES string of the molecule is CS(=O)(=O)N(CC(=O)NCc1cccc(CN2CCOCC2)c1)c1cccc(Cl)c1. The summed E-state index contributed by atoms with van der Waals surface area (Å²) in [7, 11) is -3.64. The van der Waals surface area contributed by atoms with Crippen LogP contribution in [0.4, 0.5) is 5.69 Å². The van der Waals surface area contributed by atoms with E-state index < -0.39 is 10.0 Å². The van der Waals surface area contributed by atoms with Crippen molar-refractivity contribution in [3.05, 3.63) is 64.7 Å². The summed E-state index contributed by atoms with van der Waals surface area (Å²) in [5.74, 6) is -0.390. The first kappa shape index (κ1) is 22.6. The smallest absolute Gasteiger partial charge is 0.241 e. The summed E-state index contributed by atoms with van der Waals surface area (Å²) in [6.07, 6.45) is 1.07. The van der Waals surface area contributed by atoms with Gasteiger partial charge < -0.3 is 10.1 Å². The van der Waals surface area contributed by atoms with E-state index in [1.807, 2.05) is 12.1 Å². The molecule has 1 amide bonds. The average Bonchev–Trinajstić information content (AvgIpc) is 2.71. The molecule has 3 rings (SSSR count). The van der Waals surface area contributed by atoms with E-state index in [0.29, 0.717) is 17.3 Å². The van der Waals surface area contributed by atoms with Crippen molar-refractivity contribution in [1.29, 1.82) is 0 Å². The molecule has 0 spiro atoms. The number of halogens is 1. The molecule has 30 heavy (non-hydrogen) atoms. The van der Waals surface area contributed by atoms with Crippen LogP contribution in [0.2, 0.25) is 5.02 Å². The predicted molar refractivity (Wildman–Crippen MR) is 118 cm³/mol. The summed E-state index contributed by atoms with van der Waals surface area (Å²) in [4.78, 5) is 14.8. The lowest BCUT2D eigenvalue weighted by atomic mass is 10.1. The lowest BCUT2D eigenvalue weighted by Crippen LogP contribution is -2.40. The van der Waals surface area contributed by atoms with Crippen LogP contribution < -0.4 is 9.62 Å². The number of amides is 1. The summed E-state index contributed by atoms with van der Waals surface area (Å²) in [6.45, 7) is 4.16. The van der Waals surface area contributed by atoms with Gasteiger partial charge in [-0.3, -0.25) is 14.0 Å². The first-order valence-corrected chi connectivity index (χ1v) is 11.9. The number of morpholine rings is 1. The minimum atomic E-state index is -3.64. The minimum absolute atomic E-state index is 0.313. The van der Waals surface area contributed by atoms with Crippen LogP contribution in [0.5, 0.6) is 0 Å². The van der Waals surface area contributed by atoms with Gasteiger partial charge in [0.2, 0.25) is 15.9 Å². The van der Waals surface area contributed by atoms with Crippen molar-refractivity contribution in [2.24, 2.45) is 0 Å². The summed E-state index contributed by atoms with van der Waals surface area (Å²) >= 11 is 5.97. The van der Waals surface area contributed by atoms with Crippen LogP contribution in [-0.4, -0.2) is 58.3 Å². The number of anilines is 1. The molecule has 0 saturated carbocycles. The first-order chi connectivity index (χ1) is 14.3. The highest BCUT2D eigenvalue weighted by Gasteiger charge is 2.21. The Kier molecular flexibility index (Phi) is 7.71. The van der Waals surface area contributed by atoms with E-state index >= 15 is 0 Å². The summed E-state index contributed by atoms with van der Waals surface area (Å²) < 4.78 is 30.8. The number of rotatable bonds is 8. The van der Waals surface area contributed by atoms with Gasteiger partial charge in [0.1, 0.15) is 6.54 Å². The van der Waals surface area contributed by atoms with Gasteiger partial charge in [-0.15, -0.1) is 0 Å². The van der Waals surface area contributed by atoms with Gasteiger partial charge in [-0.1, -0.05) is 41.9 Å². The molecule has 0 aromatic heterocycles. The molecule has 1 heterocycles. The number of carbonyl (C=O) groups is 1. The maximum atomic E-state index is 12.5. The maximum absolute atomic E-state index is 12.5. The van der Waals surface area contributed by atoms with E-state index in [-0.39, 0.29) is 12.5 Å². The number of carbonyl (C=O) groups excluding carboxylic acids is 1. The van der Waals surface area contributed by atoms with Crippen LogP contribution in [0.3, 0.4) is 0 Å². The standard InChI is InChI=1S/C21H26ClN3O4S/c1-30(27,28)25(20-7-3-6-19(22)13-20)16-21(26)23-14-17-4-2-5-18(12-17)15-24-8-10-29-11-9-24/h2-7,12-13H,8-11,14-16H2,1H3,(H,23,26). The molecule has 0 atom stereocenters. The Morgan fingerprint density at radius 1 is 1.13 bits per heavy atom. The van der Waals surface area contributed by atoms with Gasteiger partial charge in [0.05, 0.1) is 25.2 Å². The number of hydrogen-bond donors (Lipinski definition) is 1. The Morgan fingerprint density at radius 2 is 1.83 bits per heavy atom. The fourth-order valence-corrected chi connectivity index (χ4v) is 4.31. The molecule has 1 saturated heterocycles. The second-order valence-electron chi connectivity index (χ2n) is 7.23. The highest BCUT2D eigenvalue weighted by atomic mass is 35.5. The third-order valence-electron chi connectivity index (χ3n) is 4.77. The van der Waals surface area contributed by atoms with Crippen LogP contribution >= 0.6 is 11.6 Å². The molecule has 2 aromatic rings. The lowest BCUT2D eigenvalue weighted by Gasteiger charge is -2.26. The van der Waals surface area contributed by atoms with Gasteiger partial charge in [0, 0.05) is 31.2 Å². The molecule has 1 aliphatic rings. The lowest BCUT2D eigenvalue weighted by molar-refractivity contribution is -0.119. The Hall–Kier alpha value is -2.13. The number of nitrogens with one attached hydrogen (secondary N) is 1. The van der Waals surface area contributed by atoms with Crippen molar-refractivity contribution in [3.63, 3.8) is 0 Å². The molecule has 7 nitrogen and oxygen atoms in total. The van der Waals surface area contributed by atoms with Gasteiger partial charge in [-0.05, 0) is 29.3 Å². The highest BCUT2D eigenvalue weighted by molar-refractivity contribution is 7.92. The van der Waals surface area contributed by atoms with Crippen molar-refractivity contribution in [1.82, 2.24) is 10.2 Å². The van der Waals surface area contributed by atoms with E-state index in [4.69, 9.17) is 16.3 Å². The van der Waals surface area contributed by atoms with E-state index in [1.54, 1.807) is 18.2 Å². The predicted octanol–water partition coefficient (Wildman–Crippen LogP) is 2.25. The van der Waals surface area contributed by atoms with E-state index in [2.05, 4.69) is 22.3 Å². The molecule has 9 heteroatoms. The van der Waals surface area contributed by atoms with Gasteiger partial charge in [0.15, 0.2) is 0 Å². The maximum Gasteiger partial charge on any atom is 0.241 e. The van der Waals surface area contributed by atoms with Crippen molar-refractivity contribution in [2.75, 3.05) is 43.4 Å². The van der Waals surface area contributed by atoms with Crippen LogP contribution in [-0.2, 0) is 32.6 Å². The van der Waals surface area contributed by atoms with Gasteiger partial charge >= 0.3 is 0 Å². The van der Waals surface area contributed by atoms with Crippen LogP contribution in [0.1, 0.15) is 11.1 Å². The van der Waals surface area contributed by atoms with Crippen molar-refractivity contribution < 1.29 is 17.9 Å². The minimum Gasteiger partial charge on any atom is -0.379 e. The molecule has 0 radical (unpaired) electrons. The molecule has 1 N–H and O–H groups in total. The zero-order valence-corrected chi connectivity index (χ0v) is 18.5. The van der Waals surface area contributed by atoms with Crippen molar-refractivity contribution in [2.45, 2.75) is 13.1 Å². The fraction of sp³-hybridized carbons (Fsp3) is 0.381. The second kappa shape index (κ2) is 10.3. The average molecular weight is 452 g/mol. The second-order valence-corrected chi connectivity index (χ2v) is 9.58. The Bertz CT molecular complexity index is 978. The van der Waals surface area contributed by atoms with Gasteiger partial charge in [-0.25, -0.2) is 8.42 Å². The van der Waals surface area contributed by atoms with Crippen LogP contribution in [0.25, 0.3) is 0 Å². The largest absolute Gasteiger partial charge is 0.379 e. The monoisotopic (exact) mass is 451 g/mol.